The predicted octanol–water partition coefficient (Wildman–Crippen LogP) is 3.13. The van der Waals surface area contributed by atoms with Crippen molar-refractivity contribution in [3.8, 4) is 0 Å². The Kier molecular flexibility index (Phi) is 4.99. The Balaban J connectivity index is 2.27. The minimum absolute atomic E-state index is 0.0246. The number of aliphatic hydroxyl groups is 1. The lowest BCUT2D eigenvalue weighted by Gasteiger charge is -2.29. The Morgan fingerprint density at radius 3 is 2.95 bits per heavy atom. The summed E-state index contributed by atoms with van der Waals surface area (Å²) in [6.45, 7) is 2.77. The van der Waals surface area contributed by atoms with E-state index in [0.29, 0.717) is 5.56 Å². The number of likely N-dealkylation sites (tertiary alicyclic amines) is 1. The van der Waals surface area contributed by atoms with E-state index in [-0.39, 0.29) is 18.6 Å². The van der Waals surface area contributed by atoms with Crippen LogP contribution in [0.2, 0.25) is 0 Å². The van der Waals surface area contributed by atoms with Crippen molar-refractivity contribution in [1.29, 1.82) is 0 Å². The molecule has 4 heteroatoms. The fourth-order valence-corrected chi connectivity index (χ4v) is 3.01. The summed E-state index contributed by atoms with van der Waals surface area (Å²) in [6, 6.07) is 5.76. The van der Waals surface area contributed by atoms with E-state index in [1.54, 1.807) is 0 Å². The van der Waals surface area contributed by atoms with E-state index in [1.165, 1.54) is 0 Å². The van der Waals surface area contributed by atoms with Gasteiger partial charge in [0.05, 0.1) is 18.2 Å². The lowest BCUT2D eigenvalue weighted by Crippen LogP contribution is -2.42. The van der Waals surface area contributed by atoms with Gasteiger partial charge in [0.1, 0.15) is 0 Å². The topological polar surface area (TPSA) is 40.5 Å². The molecule has 1 aromatic rings. The van der Waals surface area contributed by atoms with Gasteiger partial charge in [0, 0.05) is 11.0 Å². The van der Waals surface area contributed by atoms with Gasteiger partial charge < -0.3 is 10.0 Å². The molecule has 1 aliphatic heterocycles. The van der Waals surface area contributed by atoms with Crippen LogP contribution < -0.4 is 0 Å². The van der Waals surface area contributed by atoms with Gasteiger partial charge in [0.2, 0.25) is 0 Å². The molecule has 0 spiro atoms. The van der Waals surface area contributed by atoms with Crippen LogP contribution in [0.15, 0.2) is 22.7 Å². The van der Waals surface area contributed by atoms with Crippen LogP contribution in [0.4, 0.5) is 0 Å². The van der Waals surface area contributed by atoms with Crippen molar-refractivity contribution in [2.24, 2.45) is 0 Å². The number of nitrogens with zero attached hydrogens (tertiary/aromatic N) is 1. The van der Waals surface area contributed by atoms with Crippen molar-refractivity contribution in [2.75, 3.05) is 13.2 Å². The molecule has 3 nitrogen and oxygen atoms in total. The fourth-order valence-electron chi connectivity index (χ4n) is 2.59. The molecule has 1 heterocycles. The van der Waals surface area contributed by atoms with Crippen LogP contribution in [0.25, 0.3) is 0 Å². The molecule has 0 aliphatic carbocycles. The first-order valence-corrected chi connectivity index (χ1v) is 7.60. The highest BCUT2D eigenvalue weighted by Gasteiger charge is 2.26. The van der Waals surface area contributed by atoms with Gasteiger partial charge in [0.15, 0.2) is 0 Å². The molecule has 104 valence electrons. The van der Waals surface area contributed by atoms with Gasteiger partial charge in [-0.2, -0.15) is 0 Å². The second kappa shape index (κ2) is 6.53. The molecule has 1 aliphatic rings. The molecular weight excluding hydrogens is 306 g/mol. The highest BCUT2D eigenvalue weighted by atomic mass is 79.9. The summed E-state index contributed by atoms with van der Waals surface area (Å²) in [6.07, 6.45) is 4.14. The third-order valence-electron chi connectivity index (χ3n) is 3.70. The first-order chi connectivity index (χ1) is 9.13. The van der Waals surface area contributed by atoms with E-state index in [2.05, 4.69) is 15.9 Å². The van der Waals surface area contributed by atoms with E-state index in [9.17, 15) is 9.90 Å². The molecule has 0 radical (unpaired) electrons. The molecule has 1 fully saturated rings. The van der Waals surface area contributed by atoms with Crippen LogP contribution in [-0.4, -0.2) is 35.1 Å². The van der Waals surface area contributed by atoms with E-state index in [1.807, 2.05) is 30.0 Å². The number of amides is 1. The van der Waals surface area contributed by atoms with Gasteiger partial charge in [-0.05, 0) is 47.8 Å². The number of hydrogen-bond acceptors (Lipinski definition) is 2. The number of carbonyl (C=O) groups is 1. The zero-order valence-corrected chi connectivity index (χ0v) is 12.8. The third kappa shape index (κ3) is 3.37. The van der Waals surface area contributed by atoms with Gasteiger partial charge in [-0.3, -0.25) is 4.79 Å². The molecule has 1 saturated heterocycles. The number of rotatable bonds is 2. The van der Waals surface area contributed by atoms with Crippen LogP contribution in [0.3, 0.4) is 0 Å². The maximum atomic E-state index is 12.7. The lowest BCUT2D eigenvalue weighted by molar-refractivity contribution is 0.0599. The molecule has 1 aromatic carbocycles. The molecule has 19 heavy (non-hydrogen) atoms. The van der Waals surface area contributed by atoms with E-state index in [0.717, 1.165) is 42.3 Å². The highest BCUT2D eigenvalue weighted by Crippen LogP contribution is 2.24. The number of benzene rings is 1. The number of carbonyl (C=O) groups excluding carboxylic acids is 1. The van der Waals surface area contributed by atoms with E-state index >= 15 is 0 Å². The molecule has 1 atom stereocenters. The lowest BCUT2D eigenvalue weighted by atomic mass is 10.1. The number of aliphatic hydroxyl groups excluding tert-OH is 1. The van der Waals surface area contributed by atoms with Crippen molar-refractivity contribution in [1.82, 2.24) is 4.90 Å². The Labute approximate surface area is 122 Å². The number of aryl methyl sites for hydroxylation is 1. The van der Waals surface area contributed by atoms with Crippen LogP contribution in [0, 0.1) is 6.92 Å². The van der Waals surface area contributed by atoms with Crippen molar-refractivity contribution < 1.29 is 9.90 Å². The molecular formula is C15H20BrNO2. The van der Waals surface area contributed by atoms with Crippen molar-refractivity contribution in [3.63, 3.8) is 0 Å². The molecule has 0 aromatic heterocycles. The minimum Gasteiger partial charge on any atom is -0.394 e. The summed E-state index contributed by atoms with van der Waals surface area (Å²) in [5.74, 6) is 0.0246. The zero-order chi connectivity index (χ0) is 13.8. The predicted molar refractivity (Wildman–Crippen MR) is 79.3 cm³/mol. The molecule has 2 rings (SSSR count). The van der Waals surface area contributed by atoms with E-state index < -0.39 is 0 Å². The number of hydrogen-bond donors (Lipinski definition) is 1. The first kappa shape index (κ1) is 14.5. The van der Waals surface area contributed by atoms with Crippen molar-refractivity contribution in [2.45, 2.75) is 38.6 Å². The van der Waals surface area contributed by atoms with Gasteiger partial charge in [-0.15, -0.1) is 0 Å². The Bertz CT molecular complexity index is 461. The third-order valence-corrected chi connectivity index (χ3v) is 4.39. The summed E-state index contributed by atoms with van der Waals surface area (Å²) >= 11 is 3.45. The van der Waals surface area contributed by atoms with Gasteiger partial charge in [0.25, 0.3) is 5.91 Å². The summed E-state index contributed by atoms with van der Waals surface area (Å²) in [5.41, 5.74) is 1.77. The zero-order valence-electron chi connectivity index (χ0n) is 11.2. The van der Waals surface area contributed by atoms with Crippen LogP contribution in [-0.2, 0) is 0 Å². The maximum Gasteiger partial charge on any atom is 0.255 e. The largest absolute Gasteiger partial charge is 0.394 e. The standard InChI is InChI=1S/C15H20BrNO2/c1-11-6-7-14(16)13(9-11)15(19)17-8-4-2-3-5-12(17)10-18/h6-7,9,12,18H,2-5,8,10H2,1H3. The highest BCUT2D eigenvalue weighted by molar-refractivity contribution is 9.10. The summed E-state index contributed by atoms with van der Waals surface area (Å²) in [5, 5.41) is 9.50. The van der Waals surface area contributed by atoms with Gasteiger partial charge >= 0.3 is 0 Å². The fraction of sp³-hybridized carbons (Fsp3) is 0.533. The average Bonchev–Trinajstić information content (AvgIpc) is 2.65. The van der Waals surface area contributed by atoms with Gasteiger partial charge in [-0.25, -0.2) is 0 Å². The Hall–Kier alpha value is -0.870. The summed E-state index contributed by atoms with van der Waals surface area (Å²) in [4.78, 5) is 14.5. The van der Waals surface area contributed by atoms with Gasteiger partial charge in [-0.1, -0.05) is 24.5 Å². The van der Waals surface area contributed by atoms with Crippen LogP contribution in [0.5, 0.6) is 0 Å². The molecule has 1 amide bonds. The maximum absolute atomic E-state index is 12.7. The van der Waals surface area contributed by atoms with Crippen LogP contribution >= 0.6 is 15.9 Å². The smallest absolute Gasteiger partial charge is 0.255 e. The molecule has 1 N–H and O–H groups in total. The second-order valence-electron chi connectivity index (χ2n) is 5.17. The SMILES string of the molecule is Cc1ccc(Br)c(C(=O)N2CCCCCC2CO)c1. The Morgan fingerprint density at radius 1 is 1.42 bits per heavy atom. The normalized spacial score (nSPS) is 20.2. The summed E-state index contributed by atoms with van der Waals surface area (Å²) < 4.78 is 0.823. The Morgan fingerprint density at radius 2 is 2.21 bits per heavy atom. The monoisotopic (exact) mass is 325 g/mol. The molecule has 1 unspecified atom stereocenters. The van der Waals surface area contributed by atoms with Crippen LogP contribution in [0.1, 0.15) is 41.6 Å². The molecule has 0 saturated carbocycles. The first-order valence-electron chi connectivity index (χ1n) is 6.81. The average molecular weight is 326 g/mol. The van der Waals surface area contributed by atoms with Crippen molar-refractivity contribution >= 4 is 21.8 Å². The quantitative estimate of drug-likeness (QED) is 0.907. The summed E-state index contributed by atoms with van der Waals surface area (Å²) in [7, 11) is 0. The van der Waals surface area contributed by atoms with E-state index in [4.69, 9.17) is 0 Å². The molecule has 0 bridgehead atoms. The second-order valence-corrected chi connectivity index (χ2v) is 6.02. The van der Waals surface area contributed by atoms with Crippen molar-refractivity contribution in [3.05, 3.63) is 33.8 Å². The number of halogens is 1. The minimum atomic E-state index is -0.0394.